The number of hydrogen-bond donors (Lipinski definition) is 2. The van der Waals surface area contributed by atoms with Crippen LogP contribution in [0.3, 0.4) is 0 Å². The Morgan fingerprint density at radius 2 is 2.07 bits per heavy atom. The van der Waals surface area contributed by atoms with E-state index >= 15 is 0 Å². The summed E-state index contributed by atoms with van der Waals surface area (Å²) in [6, 6.07) is 3.79. The van der Waals surface area contributed by atoms with E-state index in [1.807, 2.05) is 12.1 Å². The Hall–Kier alpha value is -0.0600. The van der Waals surface area contributed by atoms with Crippen molar-refractivity contribution >= 4 is 31.9 Å². The van der Waals surface area contributed by atoms with Crippen molar-refractivity contribution in [2.45, 2.75) is 19.4 Å². The van der Waals surface area contributed by atoms with E-state index in [0.717, 1.165) is 33.5 Å². The second-order valence-corrected chi connectivity index (χ2v) is 5.74. The largest absolute Gasteiger partial charge is 0.506 e. The van der Waals surface area contributed by atoms with E-state index in [-0.39, 0.29) is 0 Å². The third-order valence-corrected chi connectivity index (χ3v) is 3.61. The van der Waals surface area contributed by atoms with Gasteiger partial charge >= 0.3 is 0 Å². The van der Waals surface area contributed by atoms with Crippen LogP contribution in [-0.4, -0.2) is 11.7 Å². The summed E-state index contributed by atoms with van der Waals surface area (Å²) < 4.78 is 1.72. The summed E-state index contributed by atoms with van der Waals surface area (Å²) in [5, 5.41) is 13.2. The summed E-state index contributed by atoms with van der Waals surface area (Å²) >= 11 is 6.73. The Morgan fingerprint density at radius 1 is 1.33 bits per heavy atom. The first-order valence-corrected chi connectivity index (χ1v) is 6.63. The number of halogens is 2. The standard InChI is InChI=1S/C11H13Br2NO/c12-9-3-8(11(15)10(13)4-9)6-14-5-7-1-2-7/h3-4,7,14-15H,1-2,5-6H2. The van der Waals surface area contributed by atoms with E-state index in [9.17, 15) is 5.11 Å². The highest BCUT2D eigenvalue weighted by Crippen LogP contribution is 2.32. The van der Waals surface area contributed by atoms with E-state index < -0.39 is 0 Å². The molecule has 1 aromatic rings. The Labute approximate surface area is 106 Å². The first kappa shape index (κ1) is 11.4. The average Bonchev–Trinajstić information content (AvgIpc) is 2.97. The topological polar surface area (TPSA) is 32.3 Å². The molecule has 0 aromatic heterocycles. The molecule has 0 atom stereocenters. The number of rotatable bonds is 4. The van der Waals surface area contributed by atoms with Crippen molar-refractivity contribution in [3.63, 3.8) is 0 Å². The van der Waals surface area contributed by atoms with Crippen LogP contribution in [0.15, 0.2) is 21.1 Å². The fourth-order valence-corrected chi connectivity index (χ4v) is 2.80. The minimum absolute atomic E-state index is 0.335. The molecule has 1 saturated carbocycles. The van der Waals surface area contributed by atoms with E-state index in [1.165, 1.54) is 12.8 Å². The summed E-state index contributed by atoms with van der Waals surface area (Å²) in [6.07, 6.45) is 2.70. The van der Waals surface area contributed by atoms with Gasteiger partial charge < -0.3 is 10.4 Å². The van der Waals surface area contributed by atoms with Gasteiger partial charge in [-0.1, -0.05) is 15.9 Å². The predicted molar refractivity (Wildman–Crippen MR) is 67.9 cm³/mol. The highest BCUT2D eigenvalue weighted by molar-refractivity contribution is 9.11. The molecule has 4 heteroatoms. The molecule has 0 amide bonds. The van der Waals surface area contributed by atoms with Gasteiger partial charge in [0.15, 0.2) is 0 Å². The summed E-state index contributed by atoms with van der Waals surface area (Å²) in [6.45, 7) is 1.78. The maximum atomic E-state index is 9.80. The molecule has 1 aliphatic rings. The maximum absolute atomic E-state index is 9.80. The number of aromatic hydroxyl groups is 1. The third-order valence-electron chi connectivity index (χ3n) is 2.55. The van der Waals surface area contributed by atoms with Crippen LogP contribution in [0.4, 0.5) is 0 Å². The Bertz CT molecular complexity index is 364. The second kappa shape index (κ2) is 4.85. The van der Waals surface area contributed by atoms with Gasteiger partial charge in [-0.3, -0.25) is 0 Å². The average molecular weight is 335 g/mol. The van der Waals surface area contributed by atoms with Crippen LogP contribution in [-0.2, 0) is 6.54 Å². The highest BCUT2D eigenvalue weighted by atomic mass is 79.9. The van der Waals surface area contributed by atoms with Crippen LogP contribution in [0.5, 0.6) is 5.75 Å². The van der Waals surface area contributed by atoms with Gasteiger partial charge in [0, 0.05) is 16.6 Å². The van der Waals surface area contributed by atoms with Crippen molar-refractivity contribution in [1.82, 2.24) is 5.32 Å². The quantitative estimate of drug-likeness (QED) is 0.884. The Balaban J connectivity index is 1.98. The number of benzene rings is 1. The molecule has 0 unspecified atom stereocenters. The van der Waals surface area contributed by atoms with E-state index in [1.54, 1.807) is 0 Å². The van der Waals surface area contributed by atoms with Gasteiger partial charge in [-0.25, -0.2) is 0 Å². The lowest BCUT2D eigenvalue weighted by molar-refractivity contribution is 0.460. The molecule has 0 spiro atoms. The van der Waals surface area contributed by atoms with Gasteiger partial charge in [-0.05, 0) is 53.4 Å². The van der Waals surface area contributed by atoms with Crippen molar-refractivity contribution in [1.29, 1.82) is 0 Å². The summed E-state index contributed by atoms with van der Waals surface area (Å²) in [5.41, 5.74) is 0.928. The third kappa shape index (κ3) is 3.20. The van der Waals surface area contributed by atoms with E-state index in [4.69, 9.17) is 0 Å². The number of phenols is 1. The molecule has 0 radical (unpaired) electrons. The normalized spacial score (nSPS) is 15.6. The van der Waals surface area contributed by atoms with Crippen LogP contribution < -0.4 is 5.32 Å². The van der Waals surface area contributed by atoms with E-state index in [0.29, 0.717) is 5.75 Å². The van der Waals surface area contributed by atoms with Crippen LogP contribution in [0.1, 0.15) is 18.4 Å². The first-order chi connectivity index (χ1) is 7.16. The molecule has 82 valence electrons. The Morgan fingerprint density at radius 3 is 2.73 bits per heavy atom. The zero-order chi connectivity index (χ0) is 10.8. The molecule has 0 aliphatic heterocycles. The lowest BCUT2D eigenvalue weighted by Crippen LogP contribution is -2.16. The summed E-state index contributed by atoms with van der Waals surface area (Å²) in [7, 11) is 0. The Kier molecular flexibility index (Phi) is 3.69. The van der Waals surface area contributed by atoms with Crippen LogP contribution in [0, 0.1) is 5.92 Å². The lowest BCUT2D eigenvalue weighted by atomic mass is 10.2. The van der Waals surface area contributed by atoms with Gasteiger partial charge in [-0.2, -0.15) is 0 Å². The fourth-order valence-electron chi connectivity index (χ4n) is 1.49. The van der Waals surface area contributed by atoms with Gasteiger partial charge in [-0.15, -0.1) is 0 Å². The minimum Gasteiger partial charge on any atom is -0.506 e. The fraction of sp³-hybridized carbons (Fsp3) is 0.455. The lowest BCUT2D eigenvalue weighted by Gasteiger charge is -2.08. The van der Waals surface area contributed by atoms with Crippen molar-refractivity contribution < 1.29 is 5.11 Å². The summed E-state index contributed by atoms with van der Waals surface area (Å²) in [5.74, 6) is 1.20. The minimum atomic E-state index is 0.335. The SMILES string of the molecule is Oc1c(Br)cc(Br)cc1CNCC1CC1. The summed E-state index contributed by atoms with van der Waals surface area (Å²) in [4.78, 5) is 0. The van der Waals surface area contributed by atoms with Gasteiger partial charge in [0.05, 0.1) is 4.47 Å². The number of phenolic OH excluding ortho intramolecular Hbond substituents is 1. The predicted octanol–water partition coefficient (Wildman–Crippen LogP) is 3.42. The molecule has 1 fully saturated rings. The molecule has 0 heterocycles. The zero-order valence-electron chi connectivity index (χ0n) is 8.26. The van der Waals surface area contributed by atoms with Crippen molar-refractivity contribution in [2.24, 2.45) is 5.92 Å². The highest BCUT2D eigenvalue weighted by Gasteiger charge is 2.20. The molecule has 0 bridgehead atoms. The van der Waals surface area contributed by atoms with Crippen LogP contribution >= 0.6 is 31.9 Å². The molecule has 1 aromatic carbocycles. The molecule has 15 heavy (non-hydrogen) atoms. The molecule has 1 aliphatic carbocycles. The van der Waals surface area contributed by atoms with Gasteiger partial charge in [0.25, 0.3) is 0 Å². The van der Waals surface area contributed by atoms with Crippen molar-refractivity contribution in [2.75, 3.05) is 6.54 Å². The van der Waals surface area contributed by atoms with Gasteiger partial charge in [0.1, 0.15) is 5.75 Å². The number of nitrogens with one attached hydrogen (secondary N) is 1. The second-order valence-electron chi connectivity index (χ2n) is 3.97. The molecular weight excluding hydrogens is 322 g/mol. The van der Waals surface area contributed by atoms with Gasteiger partial charge in [0.2, 0.25) is 0 Å². The zero-order valence-corrected chi connectivity index (χ0v) is 11.4. The van der Waals surface area contributed by atoms with Crippen LogP contribution in [0.2, 0.25) is 0 Å². The van der Waals surface area contributed by atoms with E-state index in [2.05, 4.69) is 37.2 Å². The smallest absolute Gasteiger partial charge is 0.134 e. The first-order valence-electron chi connectivity index (χ1n) is 5.04. The maximum Gasteiger partial charge on any atom is 0.134 e. The molecule has 2 N–H and O–H groups in total. The van der Waals surface area contributed by atoms with Crippen molar-refractivity contribution in [3.05, 3.63) is 26.6 Å². The number of hydrogen-bond acceptors (Lipinski definition) is 2. The molecule has 0 saturated heterocycles. The monoisotopic (exact) mass is 333 g/mol. The molecular formula is C11H13Br2NO. The van der Waals surface area contributed by atoms with Crippen molar-refractivity contribution in [3.8, 4) is 5.75 Å². The molecule has 2 rings (SSSR count). The molecule has 2 nitrogen and oxygen atoms in total. The van der Waals surface area contributed by atoms with Crippen LogP contribution in [0.25, 0.3) is 0 Å².